The molecule has 4 nitrogen and oxygen atoms in total. The molecule has 0 saturated heterocycles. The molecular formula is C9H12ClNO3S. The highest BCUT2D eigenvalue weighted by molar-refractivity contribution is 7.90. The summed E-state index contributed by atoms with van der Waals surface area (Å²) >= 11 is 0. The van der Waals surface area contributed by atoms with Gasteiger partial charge in [-0.2, -0.15) is 0 Å². The van der Waals surface area contributed by atoms with Gasteiger partial charge >= 0.3 is 0 Å². The van der Waals surface area contributed by atoms with Gasteiger partial charge in [0.15, 0.2) is 9.84 Å². The molecule has 0 radical (unpaired) electrons. The van der Waals surface area contributed by atoms with E-state index in [2.05, 4.69) is 0 Å². The monoisotopic (exact) mass is 249 g/mol. The van der Waals surface area contributed by atoms with Gasteiger partial charge < -0.3 is 5.73 Å². The molecule has 84 valence electrons. The molecule has 0 unspecified atom stereocenters. The topological polar surface area (TPSA) is 77.2 Å². The molecule has 0 aromatic heterocycles. The zero-order valence-corrected chi connectivity index (χ0v) is 9.77. The Kier molecular flexibility index (Phi) is 4.77. The second kappa shape index (κ2) is 5.14. The maximum atomic E-state index is 11.1. The maximum Gasteiger partial charge on any atom is 0.221 e. The Balaban J connectivity index is 0.00000196. The SMILES string of the molecule is CS(=O)(=O)c1ccc(CC(N)=O)cc1.Cl. The summed E-state index contributed by atoms with van der Waals surface area (Å²) < 4.78 is 22.1. The third-order valence-electron chi connectivity index (χ3n) is 1.73. The van der Waals surface area contributed by atoms with Gasteiger partial charge in [-0.25, -0.2) is 8.42 Å². The van der Waals surface area contributed by atoms with Crippen molar-refractivity contribution in [3.8, 4) is 0 Å². The Morgan fingerprint density at radius 2 is 1.73 bits per heavy atom. The van der Waals surface area contributed by atoms with Gasteiger partial charge in [-0.05, 0) is 17.7 Å². The summed E-state index contributed by atoms with van der Waals surface area (Å²) in [6, 6.07) is 6.10. The third-order valence-corrected chi connectivity index (χ3v) is 2.86. The highest BCUT2D eigenvalue weighted by atomic mass is 35.5. The number of sulfone groups is 1. The minimum Gasteiger partial charge on any atom is -0.369 e. The average molecular weight is 250 g/mol. The van der Waals surface area contributed by atoms with Crippen molar-refractivity contribution in [1.29, 1.82) is 0 Å². The van der Waals surface area contributed by atoms with E-state index in [1.807, 2.05) is 0 Å². The molecule has 0 fully saturated rings. The first-order valence-corrected chi connectivity index (χ1v) is 5.86. The van der Waals surface area contributed by atoms with Crippen molar-refractivity contribution in [3.63, 3.8) is 0 Å². The predicted molar refractivity (Wildman–Crippen MR) is 59.7 cm³/mol. The van der Waals surface area contributed by atoms with Crippen LogP contribution in [-0.4, -0.2) is 20.6 Å². The van der Waals surface area contributed by atoms with Crippen LogP contribution in [-0.2, 0) is 21.1 Å². The predicted octanol–water partition coefficient (Wildman–Crippen LogP) is 0.540. The Labute approximate surface area is 94.8 Å². The van der Waals surface area contributed by atoms with E-state index >= 15 is 0 Å². The lowest BCUT2D eigenvalue weighted by atomic mass is 10.1. The van der Waals surface area contributed by atoms with Crippen LogP contribution in [0.2, 0.25) is 0 Å². The standard InChI is InChI=1S/C9H11NO3S.ClH/c1-14(12,13)8-4-2-7(3-5-8)6-9(10)11;/h2-5H,6H2,1H3,(H2,10,11);1H. The summed E-state index contributed by atoms with van der Waals surface area (Å²) in [5.74, 6) is -0.433. The van der Waals surface area contributed by atoms with Gasteiger partial charge in [-0.15, -0.1) is 12.4 Å². The van der Waals surface area contributed by atoms with Crippen LogP contribution in [0.3, 0.4) is 0 Å². The van der Waals surface area contributed by atoms with Gasteiger partial charge in [-0.1, -0.05) is 12.1 Å². The van der Waals surface area contributed by atoms with E-state index in [-0.39, 0.29) is 23.7 Å². The number of primary amides is 1. The van der Waals surface area contributed by atoms with Crippen molar-refractivity contribution in [2.45, 2.75) is 11.3 Å². The zero-order valence-electron chi connectivity index (χ0n) is 8.14. The molecule has 0 aliphatic heterocycles. The van der Waals surface area contributed by atoms with Crippen LogP contribution >= 0.6 is 12.4 Å². The van der Waals surface area contributed by atoms with Crippen LogP contribution in [0.1, 0.15) is 5.56 Å². The molecule has 1 aromatic carbocycles. The maximum absolute atomic E-state index is 11.1. The minimum absolute atomic E-state index is 0. The fourth-order valence-electron chi connectivity index (χ4n) is 1.06. The summed E-state index contributed by atoms with van der Waals surface area (Å²) in [5.41, 5.74) is 5.70. The lowest BCUT2D eigenvalue weighted by molar-refractivity contribution is -0.117. The molecule has 1 aromatic rings. The number of hydrogen-bond acceptors (Lipinski definition) is 3. The number of nitrogens with two attached hydrogens (primary N) is 1. The zero-order chi connectivity index (χ0) is 10.8. The Morgan fingerprint density at radius 3 is 2.07 bits per heavy atom. The summed E-state index contributed by atoms with van der Waals surface area (Å²) in [7, 11) is -3.16. The average Bonchev–Trinajstić information content (AvgIpc) is 2.02. The molecular weight excluding hydrogens is 238 g/mol. The normalized spacial score (nSPS) is 10.5. The second-order valence-electron chi connectivity index (χ2n) is 3.06. The number of benzene rings is 1. The van der Waals surface area contributed by atoms with E-state index in [9.17, 15) is 13.2 Å². The lowest BCUT2D eigenvalue weighted by Gasteiger charge is -2.00. The van der Waals surface area contributed by atoms with Gasteiger partial charge in [0.25, 0.3) is 0 Å². The van der Waals surface area contributed by atoms with Crippen LogP contribution in [0.15, 0.2) is 29.2 Å². The van der Waals surface area contributed by atoms with Crippen LogP contribution in [0.5, 0.6) is 0 Å². The molecule has 0 spiro atoms. The van der Waals surface area contributed by atoms with Gasteiger partial charge in [0.05, 0.1) is 11.3 Å². The number of hydrogen-bond donors (Lipinski definition) is 1. The fourth-order valence-corrected chi connectivity index (χ4v) is 1.69. The van der Waals surface area contributed by atoms with Crippen molar-refractivity contribution in [2.75, 3.05) is 6.26 Å². The quantitative estimate of drug-likeness (QED) is 0.849. The largest absolute Gasteiger partial charge is 0.369 e. The molecule has 0 atom stereocenters. The van der Waals surface area contributed by atoms with Gasteiger partial charge in [0, 0.05) is 6.26 Å². The summed E-state index contributed by atoms with van der Waals surface area (Å²) in [6.45, 7) is 0. The molecule has 0 aliphatic carbocycles. The van der Waals surface area contributed by atoms with Crippen molar-refractivity contribution in [3.05, 3.63) is 29.8 Å². The summed E-state index contributed by atoms with van der Waals surface area (Å²) in [4.78, 5) is 10.8. The summed E-state index contributed by atoms with van der Waals surface area (Å²) in [5, 5.41) is 0. The lowest BCUT2D eigenvalue weighted by Crippen LogP contribution is -2.13. The Hall–Kier alpha value is -1.07. The number of carbonyl (C=O) groups excluding carboxylic acids is 1. The van der Waals surface area contributed by atoms with Crippen LogP contribution in [0.25, 0.3) is 0 Å². The molecule has 0 heterocycles. The molecule has 2 N–H and O–H groups in total. The van der Waals surface area contributed by atoms with E-state index in [1.54, 1.807) is 12.1 Å². The molecule has 0 saturated carbocycles. The van der Waals surface area contributed by atoms with E-state index in [0.29, 0.717) is 5.56 Å². The molecule has 15 heavy (non-hydrogen) atoms. The smallest absolute Gasteiger partial charge is 0.221 e. The van der Waals surface area contributed by atoms with Gasteiger partial charge in [0.1, 0.15) is 0 Å². The van der Waals surface area contributed by atoms with Gasteiger partial charge in [0.2, 0.25) is 5.91 Å². The highest BCUT2D eigenvalue weighted by Gasteiger charge is 2.06. The van der Waals surface area contributed by atoms with Crippen LogP contribution in [0, 0.1) is 0 Å². The van der Waals surface area contributed by atoms with Crippen LogP contribution in [0.4, 0.5) is 0 Å². The Morgan fingerprint density at radius 1 is 1.27 bits per heavy atom. The number of amides is 1. The minimum atomic E-state index is -3.16. The molecule has 0 bridgehead atoms. The third kappa shape index (κ3) is 4.31. The van der Waals surface area contributed by atoms with E-state index in [0.717, 1.165) is 6.26 Å². The highest BCUT2D eigenvalue weighted by Crippen LogP contribution is 2.10. The van der Waals surface area contributed by atoms with E-state index in [4.69, 9.17) is 5.73 Å². The fraction of sp³-hybridized carbons (Fsp3) is 0.222. The molecule has 1 rings (SSSR count). The first-order valence-electron chi connectivity index (χ1n) is 3.97. The summed E-state index contributed by atoms with van der Waals surface area (Å²) in [6.07, 6.45) is 1.26. The Bertz CT molecular complexity index is 439. The second-order valence-corrected chi connectivity index (χ2v) is 5.07. The van der Waals surface area contributed by atoms with Crippen molar-refractivity contribution in [2.24, 2.45) is 5.73 Å². The first-order chi connectivity index (χ1) is 6.39. The number of halogens is 1. The van der Waals surface area contributed by atoms with Crippen molar-refractivity contribution in [1.82, 2.24) is 0 Å². The molecule has 0 aliphatic rings. The van der Waals surface area contributed by atoms with Crippen molar-refractivity contribution >= 4 is 28.2 Å². The van der Waals surface area contributed by atoms with Gasteiger partial charge in [-0.3, -0.25) is 4.79 Å². The van der Waals surface area contributed by atoms with E-state index in [1.165, 1.54) is 12.1 Å². The van der Waals surface area contributed by atoms with Crippen LogP contribution < -0.4 is 5.73 Å². The number of carbonyl (C=O) groups is 1. The van der Waals surface area contributed by atoms with Crippen molar-refractivity contribution < 1.29 is 13.2 Å². The number of rotatable bonds is 3. The molecule has 1 amide bonds. The van der Waals surface area contributed by atoms with E-state index < -0.39 is 15.7 Å². The molecule has 6 heteroatoms. The first kappa shape index (κ1) is 13.9.